The molecule has 2 heterocycles. The number of amides is 1. The zero-order valence-electron chi connectivity index (χ0n) is 14.5. The van der Waals surface area contributed by atoms with Gasteiger partial charge in [0.2, 0.25) is 5.91 Å². The van der Waals surface area contributed by atoms with Gasteiger partial charge in [0, 0.05) is 45.8 Å². The zero-order chi connectivity index (χ0) is 16.6. The molecule has 2 fully saturated rings. The van der Waals surface area contributed by atoms with E-state index >= 15 is 0 Å². The number of ether oxygens (including phenoxy) is 1. The molecule has 2 saturated heterocycles. The van der Waals surface area contributed by atoms with E-state index in [1.165, 1.54) is 19.3 Å². The Morgan fingerprint density at radius 1 is 0.875 bits per heavy atom. The lowest BCUT2D eigenvalue weighted by atomic mass is 10.1. The minimum Gasteiger partial charge on any atom is -0.492 e. The zero-order valence-corrected chi connectivity index (χ0v) is 14.5. The summed E-state index contributed by atoms with van der Waals surface area (Å²) in [6.45, 7) is 8.16. The molecule has 5 nitrogen and oxygen atoms in total. The number of carbonyl (C=O) groups excluding carboxylic acids is 1. The molecule has 0 unspecified atom stereocenters. The number of hydrogen-bond donors (Lipinski definition) is 0. The van der Waals surface area contributed by atoms with Crippen LogP contribution in [0.3, 0.4) is 0 Å². The molecule has 0 spiro atoms. The summed E-state index contributed by atoms with van der Waals surface area (Å²) in [5.74, 6) is 1.25. The summed E-state index contributed by atoms with van der Waals surface area (Å²) in [6.07, 6.45) is 3.61. The maximum absolute atomic E-state index is 12.3. The Bertz CT molecular complexity index is 495. The van der Waals surface area contributed by atoms with Gasteiger partial charge in [0.05, 0.1) is 6.54 Å². The lowest BCUT2D eigenvalue weighted by Crippen LogP contribution is -2.51. The standard InChI is InChI=1S/C19H29N3O2/c23-19(22-9-5-2-6-10-22)17-21-13-11-20(12-14-21)15-16-24-18-7-3-1-4-8-18/h1,3-4,7-8H,2,5-6,9-17H2. The Kier molecular flexibility index (Phi) is 6.49. The van der Waals surface area contributed by atoms with Crippen LogP contribution in [0, 0.1) is 0 Å². The van der Waals surface area contributed by atoms with E-state index in [1.54, 1.807) is 0 Å². The molecular weight excluding hydrogens is 302 g/mol. The van der Waals surface area contributed by atoms with Gasteiger partial charge in [-0.05, 0) is 31.4 Å². The fourth-order valence-electron chi connectivity index (χ4n) is 3.41. The largest absolute Gasteiger partial charge is 0.492 e. The number of benzene rings is 1. The molecule has 24 heavy (non-hydrogen) atoms. The first-order valence-electron chi connectivity index (χ1n) is 9.21. The highest BCUT2D eigenvalue weighted by atomic mass is 16.5. The van der Waals surface area contributed by atoms with Gasteiger partial charge in [0.1, 0.15) is 12.4 Å². The monoisotopic (exact) mass is 331 g/mol. The van der Waals surface area contributed by atoms with E-state index in [-0.39, 0.29) is 0 Å². The molecule has 0 atom stereocenters. The summed E-state index contributed by atoms with van der Waals surface area (Å²) >= 11 is 0. The van der Waals surface area contributed by atoms with Crippen molar-refractivity contribution >= 4 is 5.91 Å². The van der Waals surface area contributed by atoms with Gasteiger partial charge in [0.25, 0.3) is 0 Å². The maximum atomic E-state index is 12.3. The first kappa shape index (κ1) is 17.2. The number of nitrogens with zero attached hydrogens (tertiary/aromatic N) is 3. The summed E-state index contributed by atoms with van der Waals surface area (Å²) < 4.78 is 5.76. The van der Waals surface area contributed by atoms with Gasteiger partial charge < -0.3 is 9.64 Å². The summed E-state index contributed by atoms with van der Waals surface area (Å²) in [7, 11) is 0. The highest BCUT2D eigenvalue weighted by molar-refractivity contribution is 5.78. The van der Waals surface area contributed by atoms with E-state index in [1.807, 2.05) is 35.2 Å². The molecule has 5 heteroatoms. The highest BCUT2D eigenvalue weighted by Crippen LogP contribution is 2.11. The van der Waals surface area contributed by atoms with Crippen LogP contribution in [-0.2, 0) is 4.79 Å². The topological polar surface area (TPSA) is 36.0 Å². The summed E-state index contributed by atoms with van der Waals surface area (Å²) in [5.41, 5.74) is 0. The molecule has 1 aromatic rings. The lowest BCUT2D eigenvalue weighted by molar-refractivity contribution is -0.133. The number of likely N-dealkylation sites (tertiary alicyclic amines) is 1. The van der Waals surface area contributed by atoms with Crippen LogP contribution in [0.15, 0.2) is 30.3 Å². The van der Waals surface area contributed by atoms with Crippen molar-refractivity contribution in [3.8, 4) is 5.75 Å². The third-order valence-electron chi connectivity index (χ3n) is 4.95. The van der Waals surface area contributed by atoms with Crippen LogP contribution in [0.1, 0.15) is 19.3 Å². The van der Waals surface area contributed by atoms with E-state index in [2.05, 4.69) is 9.80 Å². The van der Waals surface area contributed by atoms with Crippen LogP contribution < -0.4 is 4.74 Å². The average molecular weight is 331 g/mol. The van der Waals surface area contributed by atoms with Gasteiger partial charge in [-0.15, -0.1) is 0 Å². The van der Waals surface area contributed by atoms with Gasteiger partial charge in [-0.25, -0.2) is 0 Å². The van der Waals surface area contributed by atoms with Crippen LogP contribution in [0.4, 0.5) is 0 Å². The Morgan fingerprint density at radius 2 is 1.54 bits per heavy atom. The van der Waals surface area contributed by atoms with Crippen LogP contribution >= 0.6 is 0 Å². The summed E-state index contributed by atoms with van der Waals surface area (Å²) in [5, 5.41) is 0. The molecule has 0 aliphatic carbocycles. The first-order valence-corrected chi connectivity index (χ1v) is 9.21. The van der Waals surface area contributed by atoms with Crippen molar-refractivity contribution in [3.05, 3.63) is 30.3 Å². The predicted octanol–water partition coefficient (Wildman–Crippen LogP) is 1.70. The van der Waals surface area contributed by atoms with Crippen LogP contribution in [-0.4, -0.2) is 79.6 Å². The van der Waals surface area contributed by atoms with E-state index in [4.69, 9.17) is 4.74 Å². The molecule has 0 radical (unpaired) electrons. The predicted molar refractivity (Wildman–Crippen MR) is 95.2 cm³/mol. The molecule has 0 saturated carbocycles. The van der Waals surface area contributed by atoms with E-state index < -0.39 is 0 Å². The Morgan fingerprint density at radius 3 is 2.25 bits per heavy atom. The molecule has 2 aliphatic rings. The first-order chi connectivity index (χ1) is 11.8. The number of piperazine rings is 1. The van der Waals surface area contributed by atoms with Gasteiger partial charge in [-0.3, -0.25) is 14.6 Å². The van der Waals surface area contributed by atoms with E-state index in [0.717, 1.165) is 58.2 Å². The SMILES string of the molecule is O=C(CN1CCN(CCOc2ccccc2)CC1)N1CCCCC1. The second-order valence-corrected chi connectivity index (χ2v) is 6.72. The molecule has 0 bridgehead atoms. The van der Waals surface area contributed by atoms with Crippen molar-refractivity contribution in [2.75, 3.05) is 59.0 Å². The summed E-state index contributed by atoms with van der Waals surface area (Å²) in [4.78, 5) is 19.1. The molecule has 132 valence electrons. The number of rotatable bonds is 6. The maximum Gasteiger partial charge on any atom is 0.236 e. The van der Waals surface area contributed by atoms with Crippen molar-refractivity contribution in [2.45, 2.75) is 19.3 Å². The lowest BCUT2D eigenvalue weighted by Gasteiger charge is -2.36. The minimum absolute atomic E-state index is 0.315. The minimum atomic E-state index is 0.315. The Balaban J connectivity index is 1.31. The third-order valence-corrected chi connectivity index (χ3v) is 4.95. The Hall–Kier alpha value is -1.59. The van der Waals surface area contributed by atoms with Crippen molar-refractivity contribution in [1.29, 1.82) is 0 Å². The normalized spacial score (nSPS) is 20.1. The number of piperidine rings is 1. The fourth-order valence-corrected chi connectivity index (χ4v) is 3.41. The Labute approximate surface area is 145 Å². The molecule has 2 aliphatic heterocycles. The highest BCUT2D eigenvalue weighted by Gasteiger charge is 2.22. The van der Waals surface area contributed by atoms with Crippen LogP contribution in [0.5, 0.6) is 5.75 Å². The molecule has 1 aromatic carbocycles. The number of carbonyl (C=O) groups is 1. The average Bonchev–Trinajstić information content (AvgIpc) is 2.65. The number of hydrogen-bond acceptors (Lipinski definition) is 4. The van der Waals surface area contributed by atoms with Crippen molar-refractivity contribution in [3.63, 3.8) is 0 Å². The molecule has 0 N–H and O–H groups in total. The van der Waals surface area contributed by atoms with Crippen molar-refractivity contribution < 1.29 is 9.53 Å². The molecular formula is C19H29N3O2. The van der Waals surface area contributed by atoms with Crippen molar-refractivity contribution in [1.82, 2.24) is 14.7 Å². The van der Waals surface area contributed by atoms with Gasteiger partial charge in [-0.1, -0.05) is 18.2 Å². The quantitative estimate of drug-likeness (QED) is 0.795. The second-order valence-electron chi connectivity index (χ2n) is 6.72. The van der Waals surface area contributed by atoms with Gasteiger partial charge in [-0.2, -0.15) is 0 Å². The van der Waals surface area contributed by atoms with Crippen LogP contribution in [0.2, 0.25) is 0 Å². The smallest absolute Gasteiger partial charge is 0.236 e. The van der Waals surface area contributed by atoms with Gasteiger partial charge in [0.15, 0.2) is 0 Å². The van der Waals surface area contributed by atoms with Crippen LogP contribution in [0.25, 0.3) is 0 Å². The third kappa shape index (κ3) is 5.21. The fraction of sp³-hybridized carbons (Fsp3) is 0.632. The van der Waals surface area contributed by atoms with E-state index in [0.29, 0.717) is 12.5 Å². The van der Waals surface area contributed by atoms with E-state index in [9.17, 15) is 4.79 Å². The van der Waals surface area contributed by atoms with Crippen molar-refractivity contribution in [2.24, 2.45) is 0 Å². The molecule has 1 amide bonds. The molecule has 0 aromatic heterocycles. The molecule has 3 rings (SSSR count). The number of para-hydroxylation sites is 1. The summed E-state index contributed by atoms with van der Waals surface area (Å²) in [6, 6.07) is 9.96. The second kappa shape index (κ2) is 9.04. The van der Waals surface area contributed by atoms with Gasteiger partial charge >= 0.3 is 0 Å².